The van der Waals surface area contributed by atoms with E-state index in [1.165, 1.54) is 41.6 Å². The van der Waals surface area contributed by atoms with Gasteiger partial charge in [0.15, 0.2) is 11.5 Å². The topological polar surface area (TPSA) is 97.4 Å². The number of piperazine rings is 1. The van der Waals surface area contributed by atoms with Crippen LogP contribution in [0.25, 0.3) is 0 Å². The molecule has 0 aromatic heterocycles. The maximum Gasteiger partial charge on any atom is 0.317 e. The van der Waals surface area contributed by atoms with Gasteiger partial charge in [-0.2, -0.15) is 4.31 Å². The summed E-state index contributed by atoms with van der Waals surface area (Å²) in [5.74, 6) is 1.03. The minimum Gasteiger partial charge on any atom is -0.493 e. The molecule has 0 unspecified atom stereocenters. The van der Waals surface area contributed by atoms with Gasteiger partial charge in [-0.15, -0.1) is 0 Å². The molecule has 1 fully saturated rings. The van der Waals surface area contributed by atoms with E-state index in [1.807, 2.05) is 0 Å². The summed E-state index contributed by atoms with van der Waals surface area (Å²) in [4.78, 5) is 14.1. The third-order valence-corrected chi connectivity index (χ3v) is 7.13. The number of nitrogens with one attached hydrogen (secondary N) is 1. The van der Waals surface area contributed by atoms with E-state index < -0.39 is 23.1 Å². The number of benzene rings is 2. The lowest BCUT2D eigenvalue weighted by Crippen LogP contribution is -2.52. The van der Waals surface area contributed by atoms with Crippen molar-refractivity contribution in [3.8, 4) is 17.2 Å². The zero-order valence-corrected chi connectivity index (χ0v) is 19.7. The van der Waals surface area contributed by atoms with Gasteiger partial charge >= 0.3 is 6.03 Å². The van der Waals surface area contributed by atoms with E-state index in [2.05, 4.69) is 5.32 Å². The van der Waals surface area contributed by atoms with E-state index in [0.29, 0.717) is 22.8 Å². The summed E-state index contributed by atoms with van der Waals surface area (Å²) >= 11 is 0. The molecule has 0 aliphatic carbocycles. The second-order valence-corrected chi connectivity index (χ2v) is 9.35. The molecule has 9 nitrogen and oxygen atoms in total. The van der Waals surface area contributed by atoms with Crippen LogP contribution in [-0.2, 0) is 16.6 Å². The number of halogens is 2. The van der Waals surface area contributed by atoms with Crippen molar-refractivity contribution in [2.45, 2.75) is 17.9 Å². The molecule has 1 aliphatic heterocycles. The van der Waals surface area contributed by atoms with E-state index in [-0.39, 0.29) is 43.7 Å². The number of carbonyl (C=O) groups is 1. The zero-order valence-electron chi connectivity index (χ0n) is 18.9. The fourth-order valence-corrected chi connectivity index (χ4v) is 4.89. The highest BCUT2D eigenvalue weighted by molar-refractivity contribution is 7.89. The first-order valence-electron chi connectivity index (χ1n) is 10.5. The van der Waals surface area contributed by atoms with Crippen molar-refractivity contribution in [1.29, 1.82) is 0 Å². The summed E-state index contributed by atoms with van der Waals surface area (Å²) in [6.07, 6.45) is -2.57. The standard InChI is InChI=1S/C22H27F2N3O6S/c1-31-19-7-6-18(13-20(19)32-2)34(29,30)27-10-8-26(9-11-27)22(28)25-14-16-4-3-5-17(12-16)33-15-21(23)24/h3-7,12-13,21H,8-11,14-15H2,1-2H3,(H,25,28). The molecule has 186 valence electrons. The molecule has 12 heteroatoms. The van der Waals surface area contributed by atoms with Crippen LogP contribution in [0.3, 0.4) is 0 Å². The quantitative estimate of drug-likeness (QED) is 0.570. The lowest BCUT2D eigenvalue weighted by molar-refractivity contribution is 0.0818. The SMILES string of the molecule is COc1ccc(S(=O)(=O)N2CCN(C(=O)NCc3cccc(OCC(F)F)c3)CC2)cc1OC. The molecule has 0 bridgehead atoms. The number of nitrogens with zero attached hydrogens (tertiary/aromatic N) is 2. The predicted octanol–water partition coefficient (Wildman–Crippen LogP) is 2.56. The number of ether oxygens (including phenoxy) is 3. The van der Waals surface area contributed by atoms with E-state index in [0.717, 1.165) is 0 Å². The van der Waals surface area contributed by atoms with Crippen molar-refractivity contribution in [3.63, 3.8) is 0 Å². The van der Waals surface area contributed by atoms with Crippen LogP contribution in [0.5, 0.6) is 17.2 Å². The van der Waals surface area contributed by atoms with Gasteiger partial charge in [0.05, 0.1) is 19.1 Å². The predicted molar refractivity (Wildman–Crippen MR) is 120 cm³/mol. The Morgan fingerprint density at radius 2 is 1.74 bits per heavy atom. The van der Waals surface area contributed by atoms with Crippen molar-refractivity contribution >= 4 is 16.1 Å². The van der Waals surface area contributed by atoms with Gasteiger partial charge in [-0.3, -0.25) is 0 Å². The fourth-order valence-electron chi connectivity index (χ4n) is 3.45. The van der Waals surface area contributed by atoms with Gasteiger partial charge in [0.2, 0.25) is 10.0 Å². The number of sulfonamides is 1. The van der Waals surface area contributed by atoms with E-state index in [1.54, 1.807) is 24.3 Å². The summed E-state index contributed by atoms with van der Waals surface area (Å²) in [6.45, 7) is 0.190. The number of alkyl halides is 2. The van der Waals surface area contributed by atoms with Crippen molar-refractivity contribution in [1.82, 2.24) is 14.5 Å². The van der Waals surface area contributed by atoms with Crippen molar-refractivity contribution < 1.29 is 36.2 Å². The van der Waals surface area contributed by atoms with Crippen LogP contribution < -0.4 is 19.5 Å². The van der Waals surface area contributed by atoms with E-state index >= 15 is 0 Å². The molecular weight excluding hydrogens is 472 g/mol. The Hall–Kier alpha value is -3.12. The minimum atomic E-state index is -3.77. The monoisotopic (exact) mass is 499 g/mol. The van der Waals surface area contributed by atoms with E-state index in [4.69, 9.17) is 14.2 Å². The molecule has 2 amide bonds. The molecule has 34 heavy (non-hydrogen) atoms. The van der Waals surface area contributed by atoms with E-state index in [9.17, 15) is 22.0 Å². The van der Waals surface area contributed by atoms with Crippen LogP contribution in [-0.4, -0.2) is 77.1 Å². The van der Waals surface area contributed by atoms with Gasteiger partial charge in [-0.05, 0) is 29.8 Å². The number of amides is 2. The van der Waals surface area contributed by atoms with Gasteiger partial charge in [-0.1, -0.05) is 12.1 Å². The number of methoxy groups -OCH3 is 2. The molecular formula is C22H27F2N3O6S. The second-order valence-electron chi connectivity index (χ2n) is 7.42. The third-order valence-electron chi connectivity index (χ3n) is 5.24. The number of carbonyl (C=O) groups excluding carboxylic acids is 1. The zero-order chi connectivity index (χ0) is 24.7. The Bertz CT molecular complexity index is 1090. The summed E-state index contributed by atoms with van der Waals surface area (Å²) in [6, 6.07) is 10.6. The first kappa shape index (κ1) is 25.5. The Balaban J connectivity index is 1.54. The van der Waals surface area contributed by atoms with Gasteiger partial charge in [0, 0.05) is 38.8 Å². The average Bonchev–Trinajstić information content (AvgIpc) is 2.85. The molecule has 1 aliphatic rings. The lowest BCUT2D eigenvalue weighted by Gasteiger charge is -2.34. The second kappa shape index (κ2) is 11.3. The summed E-state index contributed by atoms with van der Waals surface area (Å²) in [5, 5.41) is 2.76. The lowest BCUT2D eigenvalue weighted by atomic mass is 10.2. The summed E-state index contributed by atoms with van der Waals surface area (Å²) in [7, 11) is -0.873. The van der Waals surface area contributed by atoms with Gasteiger partial charge < -0.3 is 24.4 Å². The fraction of sp³-hybridized carbons (Fsp3) is 0.409. The highest BCUT2D eigenvalue weighted by atomic mass is 32.2. The first-order chi connectivity index (χ1) is 16.2. The molecule has 0 saturated carbocycles. The van der Waals surface area contributed by atoms with Gasteiger partial charge in [-0.25, -0.2) is 22.0 Å². The van der Waals surface area contributed by atoms with Crippen molar-refractivity contribution in [2.24, 2.45) is 0 Å². The van der Waals surface area contributed by atoms with Crippen LogP contribution in [0.2, 0.25) is 0 Å². The minimum absolute atomic E-state index is 0.0806. The Morgan fingerprint density at radius 1 is 1.03 bits per heavy atom. The van der Waals surface area contributed by atoms with Gasteiger partial charge in [0.1, 0.15) is 12.4 Å². The number of hydrogen-bond acceptors (Lipinski definition) is 6. The molecule has 2 aromatic rings. The highest BCUT2D eigenvalue weighted by Gasteiger charge is 2.30. The van der Waals surface area contributed by atoms with Crippen LogP contribution in [0, 0.1) is 0 Å². The summed E-state index contributed by atoms with van der Waals surface area (Å²) < 4.78 is 67.3. The Morgan fingerprint density at radius 3 is 2.38 bits per heavy atom. The smallest absolute Gasteiger partial charge is 0.317 e. The largest absolute Gasteiger partial charge is 0.493 e. The van der Waals surface area contributed by atoms with Crippen LogP contribution in [0.4, 0.5) is 13.6 Å². The average molecular weight is 500 g/mol. The molecule has 1 heterocycles. The molecule has 1 saturated heterocycles. The maximum atomic E-state index is 13.0. The Labute approximate surface area is 197 Å². The third kappa shape index (κ3) is 6.26. The molecule has 0 spiro atoms. The van der Waals surface area contributed by atoms with Crippen molar-refractivity contribution in [2.75, 3.05) is 47.0 Å². The summed E-state index contributed by atoms with van der Waals surface area (Å²) in [5.41, 5.74) is 0.690. The number of rotatable bonds is 9. The molecule has 1 N–H and O–H groups in total. The van der Waals surface area contributed by atoms with Crippen LogP contribution in [0.15, 0.2) is 47.4 Å². The molecule has 3 rings (SSSR count). The molecule has 0 atom stereocenters. The first-order valence-corrected chi connectivity index (χ1v) is 11.9. The molecule has 0 radical (unpaired) electrons. The maximum absolute atomic E-state index is 13.0. The van der Waals surface area contributed by atoms with Crippen molar-refractivity contribution in [3.05, 3.63) is 48.0 Å². The molecule has 2 aromatic carbocycles. The van der Waals surface area contributed by atoms with Crippen LogP contribution in [0.1, 0.15) is 5.56 Å². The number of urea groups is 1. The van der Waals surface area contributed by atoms with Gasteiger partial charge in [0.25, 0.3) is 6.43 Å². The normalized spacial score (nSPS) is 14.7. The highest BCUT2D eigenvalue weighted by Crippen LogP contribution is 2.30. The Kier molecular flexibility index (Phi) is 8.51. The van der Waals surface area contributed by atoms with Crippen LogP contribution >= 0.6 is 0 Å². The number of hydrogen-bond donors (Lipinski definition) is 1.